The molecule has 4 heteroatoms. The van der Waals surface area contributed by atoms with Crippen LogP contribution in [0.25, 0.3) is 122 Å². The topological polar surface area (TPSA) is 35.6 Å². The number of hydrogen-bond acceptors (Lipinski definition) is 2. The third-order valence-electron chi connectivity index (χ3n) is 14.5. The average Bonchev–Trinajstić information content (AvgIpc) is 3.98. The third kappa shape index (κ3) is 5.60. The smallest absolute Gasteiger partial charge is 0.235 e. The van der Waals surface area contributed by atoms with E-state index in [-0.39, 0.29) is 5.41 Å². The van der Waals surface area contributed by atoms with E-state index in [1.54, 1.807) is 0 Å². The Morgan fingerprint density at radius 3 is 1.79 bits per heavy atom. The van der Waals surface area contributed by atoms with Gasteiger partial charge in [-0.2, -0.15) is 0 Å². The molecule has 0 bridgehead atoms. The summed E-state index contributed by atoms with van der Waals surface area (Å²) >= 11 is 0. The molecule has 14 rings (SSSR count). The van der Waals surface area contributed by atoms with Gasteiger partial charge >= 0.3 is 0 Å². The normalized spacial score (nSPS) is 13.0. The molecule has 0 amide bonds. The minimum atomic E-state index is -0.0846. The van der Waals surface area contributed by atoms with Crippen LogP contribution in [0, 0.1) is 0 Å². The monoisotopic (exact) mass is 854 g/mol. The fourth-order valence-corrected chi connectivity index (χ4v) is 11.3. The molecule has 0 radical (unpaired) electrons. The third-order valence-corrected chi connectivity index (χ3v) is 14.5. The highest BCUT2D eigenvalue weighted by Gasteiger charge is 2.35. The highest BCUT2D eigenvalue weighted by atomic mass is 15.2. The van der Waals surface area contributed by atoms with Crippen LogP contribution >= 0.6 is 0 Å². The van der Waals surface area contributed by atoms with Crippen molar-refractivity contribution in [3.63, 3.8) is 0 Å². The van der Waals surface area contributed by atoms with Crippen molar-refractivity contribution < 1.29 is 0 Å². The summed E-state index contributed by atoms with van der Waals surface area (Å²) in [6.07, 6.45) is 0. The van der Waals surface area contributed by atoms with Gasteiger partial charge in [0, 0.05) is 43.6 Å². The maximum atomic E-state index is 5.45. The number of aromatic nitrogens is 4. The van der Waals surface area contributed by atoms with E-state index in [0.29, 0.717) is 5.95 Å². The first-order valence-electron chi connectivity index (χ1n) is 23.2. The number of hydrogen-bond donors (Lipinski definition) is 0. The maximum Gasteiger partial charge on any atom is 0.235 e. The van der Waals surface area contributed by atoms with E-state index in [0.717, 1.165) is 38.8 Å². The lowest BCUT2D eigenvalue weighted by Crippen LogP contribution is -2.15. The number of nitrogens with zero attached hydrogens (tertiary/aromatic N) is 4. The van der Waals surface area contributed by atoms with Crippen LogP contribution < -0.4 is 0 Å². The minimum absolute atomic E-state index is 0.0846. The van der Waals surface area contributed by atoms with Crippen molar-refractivity contribution in [2.24, 2.45) is 0 Å². The Kier molecular flexibility index (Phi) is 8.00. The molecule has 67 heavy (non-hydrogen) atoms. The Balaban J connectivity index is 0.941. The zero-order chi connectivity index (χ0) is 44.4. The lowest BCUT2D eigenvalue weighted by Gasteiger charge is -2.22. The fraction of sp³-hybridized carbons (Fsp3) is 0.0476. The highest BCUT2D eigenvalue weighted by molar-refractivity contribution is 6.22. The van der Waals surface area contributed by atoms with E-state index in [9.17, 15) is 0 Å². The number of benzene rings is 10. The Hall–Kier alpha value is -8.60. The van der Waals surface area contributed by atoms with Crippen molar-refractivity contribution in [3.05, 3.63) is 230 Å². The van der Waals surface area contributed by atoms with Crippen LogP contribution in [-0.4, -0.2) is 19.1 Å². The van der Waals surface area contributed by atoms with E-state index in [2.05, 4.69) is 241 Å². The number of para-hydroxylation sites is 2. The summed E-state index contributed by atoms with van der Waals surface area (Å²) in [4.78, 5) is 10.8. The lowest BCUT2D eigenvalue weighted by atomic mass is 9.82. The summed E-state index contributed by atoms with van der Waals surface area (Å²) < 4.78 is 4.72. The highest BCUT2D eigenvalue weighted by Crippen LogP contribution is 2.50. The first-order valence-corrected chi connectivity index (χ1v) is 23.2. The summed E-state index contributed by atoms with van der Waals surface area (Å²) in [5.74, 6) is 0.650. The molecule has 3 heterocycles. The molecule has 1 aliphatic rings. The molecule has 3 aromatic heterocycles. The van der Waals surface area contributed by atoms with E-state index in [4.69, 9.17) is 9.97 Å². The Bertz CT molecular complexity index is 4170. The van der Waals surface area contributed by atoms with Gasteiger partial charge in [0.05, 0.1) is 33.3 Å². The number of rotatable bonds is 5. The van der Waals surface area contributed by atoms with Gasteiger partial charge in [0.1, 0.15) is 0 Å². The van der Waals surface area contributed by atoms with Gasteiger partial charge in [-0.15, -0.1) is 0 Å². The maximum absolute atomic E-state index is 5.45. The van der Waals surface area contributed by atoms with Crippen molar-refractivity contribution in [1.29, 1.82) is 0 Å². The van der Waals surface area contributed by atoms with E-state index >= 15 is 0 Å². The van der Waals surface area contributed by atoms with Gasteiger partial charge < -0.3 is 4.57 Å². The molecule has 0 spiro atoms. The predicted octanol–water partition coefficient (Wildman–Crippen LogP) is 16.3. The quantitative estimate of drug-likeness (QED) is 0.173. The Morgan fingerprint density at radius 1 is 0.358 bits per heavy atom. The standard InChI is InChI=1S/C63H42N4/c1-63(2)53-21-11-8-18-47(53)48-32-31-45(38-54(48)63)66-56-23-13-10-19-49(56)51-36-43(29-33-57(51)66)44-30-34-58-52(37-44)60-46-17-7-6-16-41(46)28-35-59(60)67(58)62-64-55-22-12-9-20-50(55)61(65-62)42-26-24-40(25-27-42)39-14-4-3-5-15-39/h3-38H,1-2H3. The molecule has 13 aromatic rings. The van der Waals surface area contributed by atoms with Crippen LogP contribution in [0.4, 0.5) is 0 Å². The first-order chi connectivity index (χ1) is 33.0. The molecular formula is C63H42N4. The Labute approximate surface area is 387 Å². The van der Waals surface area contributed by atoms with E-state index in [1.807, 2.05) is 0 Å². The molecule has 0 saturated carbocycles. The predicted molar refractivity (Wildman–Crippen MR) is 280 cm³/mol. The minimum Gasteiger partial charge on any atom is -0.309 e. The largest absolute Gasteiger partial charge is 0.309 e. The molecule has 0 aliphatic heterocycles. The van der Waals surface area contributed by atoms with Gasteiger partial charge in [-0.3, -0.25) is 4.57 Å². The molecule has 10 aromatic carbocycles. The number of fused-ring (bicyclic) bond motifs is 12. The Morgan fingerprint density at radius 2 is 0.955 bits per heavy atom. The zero-order valence-corrected chi connectivity index (χ0v) is 37.1. The molecule has 0 N–H and O–H groups in total. The van der Waals surface area contributed by atoms with E-state index in [1.165, 1.54) is 88.0 Å². The molecule has 0 atom stereocenters. The van der Waals surface area contributed by atoms with Crippen molar-refractivity contribution in [3.8, 4) is 56.3 Å². The van der Waals surface area contributed by atoms with Crippen LogP contribution in [0.5, 0.6) is 0 Å². The fourth-order valence-electron chi connectivity index (χ4n) is 11.3. The summed E-state index contributed by atoms with van der Waals surface area (Å²) in [7, 11) is 0. The van der Waals surface area contributed by atoms with Gasteiger partial charge in [0.15, 0.2) is 0 Å². The van der Waals surface area contributed by atoms with Crippen molar-refractivity contribution in [1.82, 2.24) is 19.1 Å². The summed E-state index contributed by atoms with van der Waals surface area (Å²) in [5, 5.41) is 8.26. The van der Waals surface area contributed by atoms with Crippen LogP contribution in [-0.2, 0) is 5.41 Å². The molecule has 314 valence electrons. The summed E-state index contributed by atoms with van der Waals surface area (Å²) in [6, 6.07) is 79.5. The molecule has 0 saturated heterocycles. The van der Waals surface area contributed by atoms with Crippen LogP contribution in [0.1, 0.15) is 25.0 Å². The first kappa shape index (κ1) is 37.7. The van der Waals surface area contributed by atoms with Crippen molar-refractivity contribution in [2.75, 3.05) is 0 Å². The van der Waals surface area contributed by atoms with Crippen LogP contribution in [0.2, 0.25) is 0 Å². The molecular weight excluding hydrogens is 813 g/mol. The molecule has 4 nitrogen and oxygen atoms in total. The SMILES string of the molecule is CC1(C)c2ccccc2-c2ccc(-n3c4ccccc4c4cc(-c5ccc6c(c5)c5c7ccccc7ccc5n6-c5nc(-c6ccc(-c7ccccc7)cc6)c6ccccc6n5)ccc43)cc21. The summed E-state index contributed by atoms with van der Waals surface area (Å²) in [5.41, 5.74) is 18.6. The average molecular weight is 855 g/mol. The van der Waals surface area contributed by atoms with Crippen LogP contribution in [0.3, 0.4) is 0 Å². The van der Waals surface area contributed by atoms with Crippen molar-refractivity contribution >= 4 is 65.3 Å². The van der Waals surface area contributed by atoms with Gasteiger partial charge in [-0.05, 0) is 110 Å². The van der Waals surface area contributed by atoms with Gasteiger partial charge in [0.25, 0.3) is 0 Å². The second-order valence-electron chi connectivity index (χ2n) is 18.6. The second-order valence-corrected chi connectivity index (χ2v) is 18.6. The lowest BCUT2D eigenvalue weighted by molar-refractivity contribution is 0.660. The molecule has 0 unspecified atom stereocenters. The summed E-state index contributed by atoms with van der Waals surface area (Å²) in [6.45, 7) is 4.71. The van der Waals surface area contributed by atoms with Gasteiger partial charge in [-0.25, -0.2) is 9.97 Å². The van der Waals surface area contributed by atoms with Crippen molar-refractivity contribution in [2.45, 2.75) is 19.3 Å². The van der Waals surface area contributed by atoms with E-state index < -0.39 is 0 Å². The van der Waals surface area contributed by atoms with Crippen LogP contribution in [0.15, 0.2) is 218 Å². The van der Waals surface area contributed by atoms with Gasteiger partial charge in [0.2, 0.25) is 5.95 Å². The molecule has 1 aliphatic carbocycles. The molecule has 0 fully saturated rings. The zero-order valence-electron chi connectivity index (χ0n) is 37.1. The second kappa shape index (κ2) is 14.2. The van der Waals surface area contributed by atoms with Gasteiger partial charge in [-0.1, -0.05) is 178 Å².